The molecular weight excluding hydrogens is 252 g/mol. The molecule has 1 N–H and O–H groups in total. The molecule has 4 nitrogen and oxygen atoms in total. The Kier molecular flexibility index (Phi) is 3.82. The molecule has 18 heavy (non-hydrogen) atoms. The van der Waals surface area contributed by atoms with Crippen molar-refractivity contribution in [1.82, 2.24) is 0 Å². The zero-order chi connectivity index (χ0) is 13.2. The quantitative estimate of drug-likeness (QED) is 0.840. The summed E-state index contributed by atoms with van der Waals surface area (Å²) in [5.41, 5.74) is 1.21. The van der Waals surface area contributed by atoms with E-state index in [9.17, 15) is 18.3 Å². The van der Waals surface area contributed by atoms with Crippen molar-refractivity contribution in [3.8, 4) is 0 Å². The molecule has 1 aromatic carbocycles. The molecular formula is C13H16O4S. The molecule has 1 aliphatic heterocycles. The average Bonchev–Trinajstić information content (AvgIpc) is 2.38. The van der Waals surface area contributed by atoms with Crippen LogP contribution in [0.3, 0.4) is 0 Å². The standard InChI is InChI=1S/C13H16O4S/c14-9-10-2-1-3-12(8-10)13(15)11-4-6-18(16,17)7-5-11/h1-3,8-9,11,13,15H,4-7H2. The Morgan fingerprint density at radius 3 is 2.56 bits per heavy atom. The van der Waals surface area contributed by atoms with Gasteiger partial charge in [0.15, 0.2) is 0 Å². The fraction of sp³-hybridized carbons (Fsp3) is 0.462. The fourth-order valence-electron chi connectivity index (χ4n) is 2.31. The number of benzene rings is 1. The average molecular weight is 268 g/mol. The van der Waals surface area contributed by atoms with E-state index in [1.165, 1.54) is 0 Å². The number of aliphatic hydroxyl groups excluding tert-OH is 1. The Morgan fingerprint density at radius 1 is 1.28 bits per heavy atom. The third kappa shape index (κ3) is 2.97. The molecule has 0 aliphatic carbocycles. The summed E-state index contributed by atoms with van der Waals surface area (Å²) in [7, 11) is -2.91. The van der Waals surface area contributed by atoms with Crippen LogP contribution >= 0.6 is 0 Å². The van der Waals surface area contributed by atoms with Gasteiger partial charge in [-0.3, -0.25) is 4.79 Å². The van der Waals surface area contributed by atoms with Crippen LogP contribution < -0.4 is 0 Å². The predicted octanol–water partition coefficient (Wildman–Crippen LogP) is 1.36. The van der Waals surface area contributed by atoms with Crippen LogP contribution in [0.4, 0.5) is 0 Å². The molecule has 0 saturated carbocycles. The van der Waals surface area contributed by atoms with E-state index >= 15 is 0 Å². The summed E-state index contributed by atoms with van der Waals surface area (Å²) in [6.45, 7) is 0. The minimum atomic E-state index is -2.91. The second-order valence-electron chi connectivity index (χ2n) is 4.72. The van der Waals surface area contributed by atoms with Gasteiger partial charge in [-0.15, -0.1) is 0 Å². The lowest BCUT2D eigenvalue weighted by molar-refractivity contribution is 0.102. The van der Waals surface area contributed by atoms with Crippen LogP contribution in [-0.4, -0.2) is 31.3 Å². The predicted molar refractivity (Wildman–Crippen MR) is 68.2 cm³/mol. The second kappa shape index (κ2) is 5.20. The smallest absolute Gasteiger partial charge is 0.150 e. The largest absolute Gasteiger partial charge is 0.388 e. The molecule has 1 unspecified atom stereocenters. The van der Waals surface area contributed by atoms with E-state index in [0.29, 0.717) is 24.0 Å². The van der Waals surface area contributed by atoms with Gasteiger partial charge < -0.3 is 5.11 Å². The number of rotatable bonds is 3. The van der Waals surface area contributed by atoms with Gasteiger partial charge in [0.1, 0.15) is 16.1 Å². The minimum Gasteiger partial charge on any atom is -0.388 e. The van der Waals surface area contributed by atoms with Gasteiger partial charge in [-0.1, -0.05) is 18.2 Å². The Morgan fingerprint density at radius 2 is 1.94 bits per heavy atom. The normalized spacial score (nSPS) is 21.4. The van der Waals surface area contributed by atoms with Gasteiger partial charge in [-0.2, -0.15) is 0 Å². The molecule has 1 fully saturated rings. The third-order valence-corrected chi connectivity index (χ3v) is 5.15. The molecule has 2 rings (SSSR count). The van der Waals surface area contributed by atoms with Crippen LogP contribution in [0.1, 0.15) is 34.9 Å². The van der Waals surface area contributed by atoms with Crippen LogP contribution in [0.25, 0.3) is 0 Å². The Balaban J connectivity index is 2.11. The zero-order valence-corrected chi connectivity index (χ0v) is 10.8. The first-order valence-electron chi connectivity index (χ1n) is 5.95. The molecule has 0 radical (unpaired) electrons. The summed E-state index contributed by atoms with van der Waals surface area (Å²) in [5, 5.41) is 10.2. The van der Waals surface area contributed by atoms with Gasteiger partial charge >= 0.3 is 0 Å². The van der Waals surface area contributed by atoms with Gasteiger partial charge in [-0.25, -0.2) is 8.42 Å². The van der Waals surface area contributed by atoms with Crippen LogP contribution in [0.15, 0.2) is 24.3 Å². The van der Waals surface area contributed by atoms with Crippen molar-refractivity contribution < 1.29 is 18.3 Å². The molecule has 0 bridgehead atoms. The van der Waals surface area contributed by atoms with Crippen LogP contribution in [0.5, 0.6) is 0 Å². The van der Waals surface area contributed by atoms with E-state index in [1.54, 1.807) is 24.3 Å². The maximum Gasteiger partial charge on any atom is 0.150 e. The summed E-state index contributed by atoms with van der Waals surface area (Å²) in [4.78, 5) is 10.7. The van der Waals surface area contributed by atoms with Crippen molar-refractivity contribution in [1.29, 1.82) is 0 Å². The van der Waals surface area contributed by atoms with Crippen LogP contribution in [-0.2, 0) is 9.84 Å². The monoisotopic (exact) mass is 268 g/mol. The highest BCUT2D eigenvalue weighted by atomic mass is 32.2. The number of hydrogen-bond acceptors (Lipinski definition) is 4. The van der Waals surface area contributed by atoms with Crippen LogP contribution in [0, 0.1) is 5.92 Å². The second-order valence-corrected chi connectivity index (χ2v) is 7.03. The maximum absolute atomic E-state index is 11.3. The van der Waals surface area contributed by atoms with Gasteiger partial charge in [0.2, 0.25) is 0 Å². The highest BCUT2D eigenvalue weighted by molar-refractivity contribution is 7.91. The van der Waals surface area contributed by atoms with Gasteiger partial charge in [0.05, 0.1) is 17.6 Å². The highest BCUT2D eigenvalue weighted by Crippen LogP contribution is 2.31. The maximum atomic E-state index is 11.3. The van der Waals surface area contributed by atoms with E-state index in [-0.39, 0.29) is 17.4 Å². The number of carbonyl (C=O) groups excluding carboxylic acids is 1. The molecule has 1 atom stereocenters. The molecule has 98 valence electrons. The van der Waals surface area contributed by atoms with Crippen molar-refractivity contribution in [2.75, 3.05) is 11.5 Å². The Bertz CT molecular complexity index is 522. The number of hydrogen-bond donors (Lipinski definition) is 1. The van der Waals surface area contributed by atoms with Crippen molar-refractivity contribution >= 4 is 16.1 Å². The lowest BCUT2D eigenvalue weighted by atomic mass is 9.90. The van der Waals surface area contributed by atoms with Crippen molar-refractivity contribution in [3.05, 3.63) is 35.4 Å². The summed E-state index contributed by atoms with van der Waals surface area (Å²) in [6, 6.07) is 6.82. The first kappa shape index (κ1) is 13.2. The Labute approximate surface area is 107 Å². The summed E-state index contributed by atoms with van der Waals surface area (Å²) >= 11 is 0. The third-order valence-electron chi connectivity index (χ3n) is 3.43. The number of aliphatic hydroxyl groups is 1. The number of carbonyl (C=O) groups is 1. The summed E-state index contributed by atoms with van der Waals surface area (Å²) in [6.07, 6.45) is 1.01. The van der Waals surface area contributed by atoms with Gasteiger partial charge in [-0.05, 0) is 30.4 Å². The molecule has 1 saturated heterocycles. The fourth-order valence-corrected chi connectivity index (χ4v) is 3.84. The molecule has 0 aromatic heterocycles. The van der Waals surface area contributed by atoms with Gasteiger partial charge in [0, 0.05) is 5.56 Å². The lowest BCUT2D eigenvalue weighted by Gasteiger charge is -2.26. The van der Waals surface area contributed by atoms with Crippen LogP contribution in [0.2, 0.25) is 0 Å². The molecule has 0 spiro atoms. The van der Waals surface area contributed by atoms with Crippen molar-refractivity contribution in [2.24, 2.45) is 5.92 Å². The number of aldehydes is 1. The SMILES string of the molecule is O=Cc1cccc(C(O)C2CCS(=O)(=O)CC2)c1. The molecule has 1 aliphatic rings. The Hall–Kier alpha value is -1.20. The van der Waals surface area contributed by atoms with Crippen molar-refractivity contribution in [2.45, 2.75) is 18.9 Å². The summed E-state index contributed by atoms with van der Waals surface area (Å²) in [5.74, 6) is 0.236. The first-order valence-corrected chi connectivity index (χ1v) is 7.77. The minimum absolute atomic E-state index is 0.0459. The van der Waals surface area contributed by atoms with Crippen molar-refractivity contribution in [3.63, 3.8) is 0 Å². The zero-order valence-electron chi connectivity index (χ0n) is 9.95. The highest BCUT2D eigenvalue weighted by Gasteiger charge is 2.29. The summed E-state index contributed by atoms with van der Waals surface area (Å²) < 4.78 is 22.7. The topological polar surface area (TPSA) is 71.4 Å². The lowest BCUT2D eigenvalue weighted by Crippen LogP contribution is -2.27. The van der Waals surface area contributed by atoms with E-state index < -0.39 is 15.9 Å². The molecule has 5 heteroatoms. The van der Waals surface area contributed by atoms with E-state index in [1.807, 2.05) is 0 Å². The van der Waals surface area contributed by atoms with E-state index in [4.69, 9.17) is 0 Å². The van der Waals surface area contributed by atoms with Gasteiger partial charge in [0.25, 0.3) is 0 Å². The molecule has 1 aromatic rings. The van der Waals surface area contributed by atoms with E-state index in [2.05, 4.69) is 0 Å². The number of sulfone groups is 1. The first-order chi connectivity index (χ1) is 8.52. The molecule has 0 amide bonds. The molecule has 1 heterocycles. The van der Waals surface area contributed by atoms with E-state index in [0.717, 1.165) is 6.29 Å².